The monoisotopic (exact) mass is 449 g/mol. The Morgan fingerprint density at radius 2 is 1.94 bits per heavy atom. The van der Waals surface area contributed by atoms with Gasteiger partial charge in [-0.1, -0.05) is 25.1 Å². The van der Waals surface area contributed by atoms with Crippen LogP contribution in [0.25, 0.3) is 5.65 Å². The quantitative estimate of drug-likeness (QED) is 0.400. The molecule has 4 aromatic rings. The first-order chi connectivity index (χ1) is 15.5. The molecule has 0 aliphatic rings. The van der Waals surface area contributed by atoms with Crippen LogP contribution in [0.2, 0.25) is 0 Å². The molecule has 0 saturated carbocycles. The Labute approximate surface area is 189 Å². The van der Waals surface area contributed by atoms with Gasteiger partial charge in [0.1, 0.15) is 11.5 Å². The lowest BCUT2D eigenvalue weighted by molar-refractivity contribution is -0.118. The number of amides is 1. The molecule has 0 unspecified atom stereocenters. The van der Waals surface area contributed by atoms with Crippen LogP contribution in [0, 0.1) is 6.92 Å². The predicted octanol–water partition coefficient (Wildman–Crippen LogP) is 4.47. The maximum atomic E-state index is 12.2. The second-order valence-corrected chi connectivity index (χ2v) is 8.24. The highest BCUT2D eigenvalue weighted by Crippen LogP contribution is 2.24. The van der Waals surface area contributed by atoms with Crippen molar-refractivity contribution in [3.05, 3.63) is 88.0 Å². The van der Waals surface area contributed by atoms with Crippen LogP contribution in [-0.2, 0) is 17.0 Å². The molecule has 1 amide bonds. The molecule has 32 heavy (non-hydrogen) atoms. The number of aromatic nitrogens is 2. The summed E-state index contributed by atoms with van der Waals surface area (Å²) in [6, 6.07) is 18.4. The number of aryl methyl sites for hydroxylation is 2. The maximum absolute atomic E-state index is 12.2. The van der Waals surface area contributed by atoms with E-state index in [1.54, 1.807) is 24.8 Å². The fourth-order valence-electron chi connectivity index (χ4n) is 3.22. The number of para-hydroxylation sites is 1. The second kappa shape index (κ2) is 9.74. The fraction of sp³-hybridized carbons (Fsp3) is 0.208. The molecule has 2 aromatic heterocycles. The molecule has 0 radical (unpaired) electrons. The van der Waals surface area contributed by atoms with E-state index in [0.717, 1.165) is 22.6 Å². The maximum Gasteiger partial charge on any atom is 0.287 e. The third-order valence-electron chi connectivity index (χ3n) is 4.76. The lowest BCUT2D eigenvalue weighted by atomic mass is 10.1. The van der Waals surface area contributed by atoms with Crippen molar-refractivity contribution in [2.24, 2.45) is 0 Å². The van der Waals surface area contributed by atoms with E-state index in [2.05, 4.69) is 10.3 Å². The van der Waals surface area contributed by atoms with Gasteiger partial charge in [0.2, 0.25) is 0 Å². The van der Waals surface area contributed by atoms with E-state index in [1.807, 2.05) is 55.5 Å². The molecule has 1 N–H and O–H groups in total. The zero-order chi connectivity index (χ0) is 22.5. The Kier molecular flexibility index (Phi) is 6.61. The minimum atomic E-state index is -0.236. The highest BCUT2D eigenvalue weighted by Gasteiger charge is 2.09. The lowest BCUT2D eigenvalue weighted by Gasteiger charge is -2.11. The van der Waals surface area contributed by atoms with E-state index in [4.69, 9.17) is 9.26 Å². The molecular formula is C24H23N3O4S. The lowest BCUT2D eigenvalue weighted by Crippen LogP contribution is -2.20. The van der Waals surface area contributed by atoms with Crippen molar-refractivity contribution < 1.29 is 14.1 Å². The van der Waals surface area contributed by atoms with Crippen molar-refractivity contribution in [3.8, 4) is 5.75 Å². The van der Waals surface area contributed by atoms with E-state index in [0.29, 0.717) is 28.5 Å². The summed E-state index contributed by atoms with van der Waals surface area (Å²) in [5, 5.41) is 2.84. The van der Waals surface area contributed by atoms with Crippen molar-refractivity contribution in [3.63, 3.8) is 0 Å². The molecule has 0 fully saturated rings. The fourth-order valence-corrected chi connectivity index (χ4v) is 4.01. The van der Waals surface area contributed by atoms with Gasteiger partial charge < -0.3 is 14.6 Å². The minimum Gasteiger partial charge on any atom is -0.483 e. The number of thioether (sulfide) groups is 1. The number of ether oxygens (including phenoxy) is 1. The molecule has 7 nitrogen and oxygen atoms in total. The summed E-state index contributed by atoms with van der Waals surface area (Å²) >= 11 is 1.56. The van der Waals surface area contributed by atoms with Crippen molar-refractivity contribution in [1.82, 2.24) is 9.56 Å². The zero-order valence-electron chi connectivity index (χ0n) is 17.8. The first kappa shape index (κ1) is 21.7. The Hall–Kier alpha value is -3.52. The van der Waals surface area contributed by atoms with Crippen LogP contribution in [0.3, 0.4) is 0 Å². The smallest absolute Gasteiger partial charge is 0.287 e. The molecule has 2 heterocycles. The second-order valence-electron chi connectivity index (χ2n) is 7.20. The van der Waals surface area contributed by atoms with E-state index >= 15 is 0 Å². The number of carbonyl (C=O) groups excluding carboxylic acids is 1. The summed E-state index contributed by atoms with van der Waals surface area (Å²) < 4.78 is 12.2. The number of hydrogen-bond acceptors (Lipinski definition) is 6. The van der Waals surface area contributed by atoms with Crippen LogP contribution in [-0.4, -0.2) is 22.1 Å². The number of benzene rings is 2. The number of nitrogens with zero attached hydrogens (tertiary/aromatic N) is 2. The van der Waals surface area contributed by atoms with Gasteiger partial charge in [-0.25, -0.2) is 4.98 Å². The molecule has 0 saturated heterocycles. The molecule has 4 rings (SSSR count). The topological polar surface area (TPSA) is 85.8 Å². The van der Waals surface area contributed by atoms with Gasteiger partial charge in [0.05, 0.1) is 5.69 Å². The highest BCUT2D eigenvalue weighted by molar-refractivity contribution is 7.98. The number of fused-ring (bicyclic) bond motifs is 1. The summed E-state index contributed by atoms with van der Waals surface area (Å²) in [5.74, 6) is 1.70. The van der Waals surface area contributed by atoms with Gasteiger partial charge in [0, 0.05) is 28.5 Å². The van der Waals surface area contributed by atoms with Crippen molar-refractivity contribution in [1.29, 1.82) is 0 Å². The van der Waals surface area contributed by atoms with Gasteiger partial charge in [-0.05, 0) is 49.2 Å². The number of rotatable bonds is 8. The van der Waals surface area contributed by atoms with Crippen LogP contribution >= 0.6 is 11.8 Å². The van der Waals surface area contributed by atoms with E-state index in [-0.39, 0.29) is 18.1 Å². The molecule has 0 aliphatic heterocycles. The van der Waals surface area contributed by atoms with E-state index in [9.17, 15) is 9.59 Å². The molecule has 2 aromatic carbocycles. The molecule has 164 valence electrons. The number of nitrogens with one attached hydrogen (secondary N) is 1. The summed E-state index contributed by atoms with van der Waals surface area (Å²) in [6.45, 7) is 3.77. The van der Waals surface area contributed by atoms with Gasteiger partial charge in [-0.3, -0.25) is 9.59 Å². The Morgan fingerprint density at radius 3 is 2.72 bits per heavy atom. The minimum absolute atomic E-state index is 0.0509. The SMILES string of the molecule is CCc1ccccc1OCC(=O)Nc1ccc(SCc2cc(=O)n3oc(C)cc3n2)cc1. The van der Waals surface area contributed by atoms with Crippen molar-refractivity contribution >= 4 is 29.0 Å². The molecule has 0 atom stereocenters. The molecule has 8 heteroatoms. The average Bonchev–Trinajstić information content (AvgIpc) is 3.18. The first-order valence-corrected chi connectivity index (χ1v) is 11.2. The van der Waals surface area contributed by atoms with Crippen LogP contribution < -0.4 is 15.6 Å². The summed E-state index contributed by atoms with van der Waals surface area (Å²) in [6.07, 6.45) is 0.844. The number of carbonyl (C=O) groups is 1. The average molecular weight is 450 g/mol. The summed E-state index contributed by atoms with van der Waals surface area (Å²) in [7, 11) is 0. The van der Waals surface area contributed by atoms with Crippen molar-refractivity contribution in [2.75, 3.05) is 11.9 Å². The predicted molar refractivity (Wildman–Crippen MR) is 124 cm³/mol. The van der Waals surface area contributed by atoms with Crippen LogP contribution in [0.5, 0.6) is 5.75 Å². The number of anilines is 1. The molecule has 0 aliphatic carbocycles. The van der Waals surface area contributed by atoms with Crippen LogP contribution in [0.15, 0.2) is 74.9 Å². The van der Waals surface area contributed by atoms with Gasteiger partial charge in [0.25, 0.3) is 11.5 Å². The Morgan fingerprint density at radius 1 is 1.16 bits per heavy atom. The molecular weight excluding hydrogens is 426 g/mol. The van der Waals surface area contributed by atoms with Crippen LogP contribution in [0.1, 0.15) is 23.9 Å². The van der Waals surface area contributed by atoms with Gasteiger partial charge >= 0.3 is 0 Å². The van der Waals surface area contributed by atoms with E-state index < -0.39 is 0 Å². The summed E-state index contributed by atoms with van der Waals surface area (Å²) in [4.78, 5) is 29.8. The normalized spacial score (nSPS) is 10.9. The Bertz CT molecular complexity index is 1290. The standard InChI is InChI=1S/C24H23N3O4S/c1-3-17-6-4-5-7-21(17)30-14-23(28)26-18-8-10-20(11-9-18)32-15-19-13-24(29)27-22(25-19)12-16(2)31-27/h4-13H,3,14-15H2,1-2H3,(H,26,28). The van der Waals surface area contributed by atoms with E-state index in [1.165, 1.54) is 10.6 Å². The molecule has 0 spiro atoms. The zero-order valence-corrected chi connectivity index (χ0v) is 18.6. The van der Waals surface area contributed by atoms with Gasteiger partial charge in [0.15, 0.2) is 12.3 Å². The van der Waals surface area contributed by atoms with Gasteiger partial charge in [-0.2, -0.15) is 0 Å². The third kappa shape index (κ3) is 5.20. The third-order valence-corrected chi connectivity index (χ3v) is 5.81. The first-order valence-electron chi connectivity index (χ1n) is 10.2. The largest absolute Gasteiger partial charge is 0.483 e. The summed E-state index contributed by atoms with van der Waals surface area (Å²) in [5.41, 5.74) is 2.72. The highest BCUT2D eigenvalue weighted by atomic mass is 32.2. The number of hydrogen-bond donors (Lipinski definition) is 1. The van der Waals surface area contributed by atoms with Crippen molar-refractivity contribution in [2.45, 2.75) is 30.9 Å². The van der Waals surface area contributed by atoms with Gasteiger partial charge in [-0.15, -0.1) is 16.3 Å². The molecule has 0 bridgehead atoms. The Balaban J connectivity index is 1.31. The van der Waals surface area contributed by atoms with Crippen LogP contribution in [0.4, 0.5) is 5.69 Å².